The van der Waals surface area contributed by atoms with Crippen LogP contribution in [0.2, 0.25) is 0 Å². The molecule has 7 nitrogen and oxygen atoms in total. The lowest BCUT2D eigenvalue weighted by molar-refractivity contribution is -0.136. The van der Waals surface area contributed by atoms with Gasteiger partial charge in [0.1, 0.15) is 6.04 Å². The van der Waals surface area contributed by atoms with Crippen LogP contribution in [0, 0.1) is 0 Å². The van der Waals surface area contributed by atoms with E-state index in [0.29, 0.717) is 23.2 Å². The Bertz CT molecular complexity index is 1280. The van der Waals surface area contributed by atoms with Crippen LogP contribution in [-0.4, -0.2) is 33.9 Å². The number of rotatable bonds is 8. The molecule has 2 amide bonds. The average Bonchev–Trinajstić information content (AvgIpc) is 3.23. The van der Waals surface area contributed by atoms with Crippen molar-refractivity contribution in [1.29, 1.82) is 0 Å². The second-order valence-electron chi connectivity index (χ2n) is 7.71. The van der Waals surface area contributed by atoms with Crippen molar-refractivity contribution in [2.45, 2.75) is 18.9 Å². The van der Waals surface area contributed by atoms with Gasteiger partial charge in [-0.3, -0.25) is 14.4 Å². The van der Waals surface area contributed by atoms with E-state index in [1.165, 1.54) is 0 Å². The molecule has 0 aliphatic rings. The van der Waals surface area contributed by atoms with E-state index >= 15 is 0 Å². The van der Waals surface area contributed by atoms with Crippen LogP contribution < -0.4 is 10.6 Å². The highest BCUT2D eigenvalue weighted by Gasteiger charge is 2.23. The fraction of sp³-hybridized carbons (Fsp3) is 0.115. The SMILES string of the molecule is O=C(O)Cc1ccc(NC(=O)[C@H](Cc2c[nH]c3ccccc23)NC(=O)c2ccccc2)cc1. The zero-order chi connectivity index (χ0) is 23.2. The number of H-pyrrole nitrogens is 1. The van der Waals surface area contributed by atoms with Gasteiger partial charge in [0.15, 0.2) is 0 Å². The molecular weight excluding hydrogens is 418 g/mol. The molecule has 0 saturated carbocycles. The molecule has 4 rings (SSSR count). The molecule has 166 valence electrons. The predicted molar refractivity (Wildman–Crippen MR) is 126 cm³/mol. The standard InChI is InChI=1S/C26H23N3O4/c30-24(31)14-17-10-12-20(13-11-17)28-26(33)23(29-25(32)18-6-2-1-3-7-18)15-19-16-27-22-9-5-4-8-21(19)22/h1-13,16,23,27H,14-15H2,(H,28,33)(H,29,32)(H,30,31)/t23-/m0/s1. The molecule has 0 aliphatic heterocycles. The van der Waals surface area contributed by atoms with Crippen molar-refractivity contribution < 1.29 is 19.5 Å². The molecule has 1 atom stereocenters. The molecular formula is C26H23N3O4. The summed E-state index contributed by atoms with van der Waals surface area (Å²) < 4.78 is 0. The van der Waals surface area contributed by atoms with Crippen LogP contribution in [0.15, 0.2) is 85.1 Å². The first-order chi connectivity index (χ1) is 16.0. The van der Waals surface area contributed by atoms with E-state index in [4.69, 9.17) is 5.11 Å². The zero-order valence-electron chi connectivity index (χ0n) is 17.7. The summed E-state index contributed by atoms with van der Waals surface area (Å²) in [6.45, 7) is 0. The first-order valence-electron chi connectivity index (χ1n) is 10.5. The number of anilines is 1. The highest BCUT2D eigenvalue weighted by atomic mass is 16.4. The van der Waals surface area contributed by atoms with Gasteiger partial charge in [-0.15, -0.1) is 0 Å². The van der Waals surface area contributed by atoms with Gasteiger partial charge in [0.2, 0.25) is 5.91 Å². The van der Waals surface area contributed by atoms with Crippen LogP contribution in [0.5, 0.6) is 0 Å². The third kappa shape index (κ3) is 5.46. The third-order valence-electron chi connectivity index (χ3n) is 5.33. The van der Waals surface area contributed by atoms with Gasteiger partial charge in [0.25, 0.3) is 5.91 Å². The van der Waals surface area contributed by atoms with E-state index in [9.17, 15) is 14.4 Å². The molecule has 1 aromatic heterocycles. The Morgan fingerprint density at radius 1 is 0.879 bits per heavy atom. The average molecular weight is 441 g/mol. The van der Waals surface area contributed by atoms with E-state index in [1.54, 1.807) is 48.5 Å². The summed E-state index contributed by atoms with van der Waals surface area (Å²) in [5.41, 5.74) is 3.48. The van der Waals surface area contributed by atoms with Gasteiger partial charge in [-0.2, -0.15) is 0 Å². The number of aromatic amines is 1. The lowest BCUT2D eigenvalue weighted by Gasteiger charge is -2.19. The fourth-order valence-corrected chi connectivity index (χ4v) is 3.67. The minimum absolute atomic E-state index is 0.0927. The Labute approximate surface area is 190 Å². The number of nitrogens with one attached hydrogen (secondary N) is 3. The molecule has 0 saturated heterocycles. The van der Waals surface area contributed by atoms with Crippen LogP contribution >= 0.6 is 0 Å². The number of carbonyl (C=O) groups excluding carboxylic acids is 2. The van der Waals surface area contributed by atoms with Crippen molar-refractivity contribution in [3.05, 3.63) is 102 Å². The fourth-order valence-electron chi connectivity index (χ4n) is 3.67. The highest BCUT2D eigenvalue weighted by molar-refractivity contribution is 6.01. The number of carboxylic acid groups (broad SMARTS) is 1. The third-order valence-corrected chi connectivity index (χ3v) is 5.33. The largest absolute Gasteiger partial charge is 0.481 e. The van der Waals surface area contributed by atoms with Crippen LogP contribution in [0.3, 0.4) is 0 Å². The first kappa shape index (κ1) is 21.8. The number of hydrogen-bond acceptors (Lipinski definition) is 3. The Morgan fingerprint density at radius 3 is 2.30 bits per heavy atom. The molecule has 1 heterocycles. The van der Waals surface area contributed by atoms with Crippen LogP contribution in [0.25, 0.3) is 10.9 Å². The van der Waals surface area contributed by atoms with Crippen LogP contribution in [-0.2, 0) is 22.4 Å². The highest BCUT2D eigenvalue weighted by Crippen LogP contribution is 2.20. The van der Waals surface area contributed by atoms with Crippen molar-refractivity contribution in [3.63, 3.8) is 0 Å². The number of aromatic nitrogens is 1. The second-order valence-corrected chi connectivity index (χ2v) is 7.71. The van der Waals surface area contributed by atoms with Gasteiger partial charge >= 0.3 is 5.97 Å². The molecule has 3 aromatic carbocycles. The van der Waals surface area contributed by atoms with E-state index in [2.05, 4.69) is 15.6 Å². The monoisotopic (exact) mass is 441 g/mol. The summed E-state index contributed by atoms with van der Waals surface area (Å²) >= 11 is 0. The maximum atomic E-state index is 13.2. The molecule has 0 spiro atoms. The minimum atomic E-state index is -0.922. The number of carbonyl (C=O) groups is 3. The summed E-state index contributed by atoms with van der Waals surface area (Å²) in [7, 11) is 0. The first-order valence-corrected chi connectivity index (χ1v) is 10.5. The number of carboxylic acids is 1. The van der Waals surface area contributed by atoms with Crippen molar-refractivity contribution in [3.8, 4) is 0 Å². The zero-order valence-corrected chi connectivity index (χ0v) is 17.7. The van der Waals surface area contributed by atoms with Gasteiger partial charge in [0.05, 0.1) is 6.42 Å². The van der Waals surface area contributed by atoms with Gasteiger partial charge < -0.3 is 20.7 Å². The van der Waals surface area contributed by atoms with Gasteiger partial charge in [0, 0.05) is 34.8 Å². The quantitative estimate of drug-likeness (QED) is 0.333. The number of aliphatic carboxylic acids is 1. The van der Waals surface area contributed by atoms with Crippen molar-refractivity contribution in [2.24, 2.45) is 0 Å². The molecule has 7 heteroatoms. The number of hydrogen-bond donors (Lipinski definition) is 4. The summed E-state index contributed by atoms with van der Waals surface area (Å²) in [6.07, 6.45) is 2.05. The molecule has 0 bridgehead atoms. The number of para-hydroxylation sites is 1. The summed E-state index contributed by atoms with van der Waals surface area (Å²) in [5.74, 6) is -1.63. The lowest BCUT2D eigenvalue weighted by atomic mass is 10.0. The number of benzene rings is 3. The van der Waals surface area contributed by atoms with E-state index in [-0.39, 0.29) is 18.2 Å². The summed E-state index contributed by atoms with van der Waals surface area (Å²) in [5, 5.41) is 15.6. The molecule has 4 N–H and O–H groups in total. The van der Waals surface area contributed by atoms with E-state index < -0.39 is 12.0 Å². The second kappa shape index (κ2) is 9.82. The van der Waals surface area contributed by atoms with Crippen LogP contribution in [0.1, 0.15) is 21.5 Å². The topological polar surface area (TPSA) is 111 Å². The normalized spacial score (nSPS) is 11.6. The molecule has 0 unspecified atom stereocenters. The summed E-state index contributed by atoms with van der Waals surface area (Å²) in [6, 6.07) is 22.3. The smallest absolute Gasteiger partial charge is 0.307 e. The van der Waals surface area contributed by atoms with E-state index in [1.807, 2.05) is 36.5 Å². The maximum absolute atomic E-state index is 13.2. The van der Waals surface area contributed by atoms with Gasteiger partial charge in [-0.1, -0.05) is 48.5 Å². The maximum Gasteiger partial charge on any atom is 0.307 e. The Kier molecular flexibility index (Phi) is 6.50. The Balaban J connectivity index is 1.55. The minimum Gasteiger partial charge on any atom is -0.481 e. The predicted octanol–water partition coefficient (Wildman–Crippen LogP) is 3.77. The van der Waals surface area contributed by atoms with Crippen LogP contribution in [0.4, 0.5) is 5.69 Å². The lowest BCUT2D eigenvalue weighted by Crippen LogP contribution is -2.45. The molecule has 0 fully saturated rings. The number of fused-ring (bicyclic) bond motifs is 1. The van der Waals surface area contributed by atoms with Crippen molar-refractivity contribution in [2.75, 3.05) is 5.32 Å². The molecule has 0 radical (unpaired) electrons. The Morgan fingerprint density at radius 2 is 1.58 bits per heavy atom. The van der Waals surface area contributed by atoms with Gasteiger partial charge in [-0.25, -0.2) is 0 Å². The molecule has 0 aliphatic carbocycles. The summed E-state index contributed by atoms with van der Waals surface area (Å²) in [4.78, 5) is 40.0. The molecule has 4 aromatic rings. The van der Waals surface area contributed by atoms with E-state index in [0.717, 1.165) is 16.5 Å². The van der Waals surface area contributed by atoms with Gasteiger partial charge in [-0.05, 0) is 41.5 Å². The number of amides is 2. The molecule has 33 heavy (non-hydrogen) atoms. The van der Waals surface area contributed by atoms with Crippen molar-refractivity contribution in [1.82, 2.24) is 10.3 Å². The Hall–Kier alpha value is -4.39. The van der Waals surface area contributed by atoms with Crippen molar-refractivity contribution >= 4 is 34.4 Å².